The van der Waals surface area contributed by atoms with Crippen LogP contribution in [-0.4, -0.2) is 35.1 Å². The number of esters is 1. The Morgan fingerprint density at radius 1 is 1.30 bits per heavy atom. The van der Waals surface area contributed by atoms with Gasteiger partial charge in [-0.1, -0.05) is 13.3 Å². The van der Waals surface area contributed by atoms with Gasteiger partial charge < -0.3 is 14.0 Å². The van der Waals surface area contributed by atoms with Crippen molar-refractivity contribution in [3.63, 3.8) is 0 Å². The minimum atomic E-state index is -0.222. The lowest BCUT2D eigenvalue weighted by Crippen LogP contribution is -2.59. The van der Waals surface area contributed by atoms with Crippen LogP contribution in [0.2, 0.25) is 0 Å². The molecule has 4 unspecified atom stereocenters. The maximum atomic E-state index is 11.5. The molecule has 27 heavy (non-hydrogen) atoms. The highest BCUT2D eigenvalue weighted by Crippen LogP contribution is 2.53. The summed E-state index contributed by atoms with van der Waals surface area (Å²) in [5.41, 5.74) is 3.82. The van der Waals surface area contributed by atoms with E-state index in [0.717, 1.165) is 24.3 Å². The monoisotopic (exact) mass is 368 g/mol. The normalized spacial score (nSPS) is 31.0. The predicted octanol–water partition coefficient (Wildman–Crippen LogP) is 3.89. The van der Waals surface area contributed by atoms with E-state index in [4.69, 9.17) is 9.47 Å². The second kappa shape index (κ2) is 6.26. The number of carbonyl (C=O) groups is 1. The molecule has 4 aliphatic rings. The van der Waals surface area contributed by atoms with E-state index >= 15 is 0 Å². The van der Waals surface area contributed by atoms with Gasteiger partial charge >= 0.3 is 5.97 Å². The Labute approximate surface area is 160 Å². The third-order valence-corrected chi connectivity index (χ3v) is 7.07. The van der Waals surface area contributed by atoms with Crippen molar-refractivity contribution in [2.24, 2.45) is 11.8 Å². The smallest absolute Gasteiger partial charge is 0.302 e. The Morgan fingerprint density at radius 3 is 2.89 bits per heavy atom. The van der Waals surface area contributed by atoms with Gasteiger partial charge in [-0.2, -0.15) is 0 Å². The summed E-state index contributed by atoms with van der Waals surface area (Å²) in [4.78, 5) is 14.3. The van der Waals surface area contributed by atoms with Gasteiger partial charge in [-0.15, -0.1) is 0 Å². The van der Waals surface area contributed by atoms with Gasteiger partial charge in [-0.3, -0.25) is 9.69 Å². The van der Waals surface area contributed by atoms with Gasteiger partial charge in [0.05, 0.1) is 19.3 Å². The van der Waals surface area contributed by atoms with Crippen LogP contribution in [-0.2, 0) is 22.8 Å². The number of aromatic nitrogens is 1. The number of hydrogen-bond acceptors (Lipinski definition) is 4. The number of piperidine rings is 2. The van der Waals surface area contributed by atoms with Crippen molar-refractivity contribution >= 4 is 16.9 Å². The van der Waals surface area contributed by atoms with Crippen molar-refractivity contribution in [2.45, 2.75) is 58.3 Å². The molecule has 3 fully saturated rings. The highest BCUT2D eigenvalue weighted by molar-refractivity contribution is 5.87. The maximum absolute atomic E-state index is 11.5. The fourth-order valence-corrected chi connectivity index (χ4v) is 6.11. The predicted molar refractivity (Wildman–Crippen MR) is 104 cm³/mol. The number of benzene rings is 1. The largest absolute Gasteiger partial charge is 0.497 e. The first-order valence-corrected chi connectivity index (χ1v) is 10.2. The summed E-state index contributed by atoms with van der Waals surface area (Å²) in [5, 5.41) is 1.17. The fourth-order valence-electron chi connectivity index (χ4n) is 6.11. The number of carbonyl (C=O) groups excluding carboxylic acids is 1. The van der Waals surface area contributed by atoms with E-state index < -0.39 is 0 Å². The topological polar surface area (TPSA) is 43.7 Å². The third kappa shape index (κ3) is 2.51. The SMILES string of the molecule is CCC1CC2CC3c4c(COC(C)=O)c5cc(OC)ccc5n4CN(C2)[C@H]13. The van der Waals surface area contributed by atoms with Gasteiger partial charge in [-0.25, -0.2) is 0 Å². The van der Waals surface area contributed by atoms with Crippen LogP contribution in [0.15, 0.2) is 18.2 Å². The Morgan fingerprint density at radius 2 is 2.15 bits per heavy atom. The zero-order chi connectivity index (χ0) is 18.7. The van der Waals surface area contributed by atoms with Crippen LogP contribution < -0.4 is 4.74 Å². The molecule has 0 radical (unpaired) electrons. The van der Waals surface area contributed by atoms with Crippen LogP contribution in [0, 0.1) is 11.8 Å². The number of ether oxygens (including phenoxy) is 2. The Balaban J connectivity index is 1.69. The number of methoxy groups -OCH3 is 1. The molecule has 5 nitrogen and oxygen atoms in total. The molecule has 144 valence electrons. The summed E-state index contributed by atoms with van der Waals surface area (Å²) in [6, 6.07) is 6.93. The molecule has 4 heterocycles. The van der Waals surface area contributed by atoms with Crippen molar-refractivity contribution in [2.75, 3.05) is 13.7 Å². The van der Waals surface area contributed by atoms with Crippen LogP contribution in [0.3, 0.4) is 0 Å². The average molecular weight is 368 g/mol. The summed E-state index contributed by atoms with van der Waals surface area (Å²) < 4.78 is 13.5. The summed E-state index contributed by atoms with van der Waals surface area (Å²) in [7, 11) is 1.70. The molecule has 2 saturated heterocycles. The van der Waals surface area contributed by atoms with Crippen LogP contribution in [0.25, 0.3) is 10.9 Å². The molecule has 4 bridgehead atoms. The molecule has 0 amide bonds. The highest BCUT2D eigenvalue weighted by Gasteiger charge is 2.50. The molecule has 6 rings (SSSR count). The molecule has 0 N–H and O–H groups in total. The average Bonchev–Trinajstić information content (AvgIpc) is 2.98. The molecule has 3 aliphatic heterocycles. The van der Waals surface area contributed by atoms with Crippen LogP contribution >= 0.6 is 0 Å². The Kier molecular flexibility index (Phi) is 3.97. The van der Waals surface area contributed by atoms with E-state index in [-0.39, 0.29) is 5.97 Å². The minimum absolute atomic E-state index is 0.222. The maximum Gasteiger partial charge on any atom is 0.302 e. The summed E-state index contributed by atoms with van der Waals surface area (Å²) in [5.74, 6) is 2.75. The molecule has 5 heteroatoms. The standard InChI is InChI=1S/C22H28N2O3/c1-4-15-7-14-8-18-21(15)23(10-14)12-24-20-6-5-16(26-3)9-17(20)19(22(18)24)11-27-13(2)25/h5-6,9,14-15,18,21H,4,7-8,10-12H2,1-3H3/t14?,15?,18?,21-/m1/s1. The van der Waals surface area contributed by atoms with Gasteiger partial charge in [0.15, 0.2) is 0 Å². The Hall–Kier alpha value is -2.01. The summed E-state index contributed by atoms with van der Waals surface area (Å²) in [6.07, 6.45) is 3.89. The highest BCUT2D eigenvalue weighted by atomic mass is 16.5. The van der Waals surface area contributed by atoms with Crippen LogP contribution in [0.1, 0.15) is 50.3 Å². The lowest BCUT2D eigenvalue weighted by atomic mass is 9.64. The van der Waals surface area contributed by atoms with Crippen molar-refractivity contribution < 1.29 is 14.3 Å². The molecule has 0 spiro atoms. The van der Waals surface area contributed by atoms with Gasteiger partial charge in [-0.05, 0) is 42.9 Å². The first kappa shape index (κ1) is 17.1. The second-order valence-electron chi connectivity index (χ2n) is 8.47. The number of rotatable bonds is 4. The lowest BCUT2D eigenvalue weighted by molar-refractivity contribution is -0.142. The molecular formula is C22H28N2O3. The zero-order valence-corrected chi connectivity index (χ0v) is 16.4. The van der Waals surface area contributed by atoms with E-state index in [1.807, 2.05) is 6.07 Å². The molecule has 1 aliphatic carbocycles. The van der Waals surface area contributed by atoms with Gasteiger partial charge in [0, 0.05) is 42.1 Å². The fraction of sp³-hybridized carbons (Fsp3) is 0.591. The molecule has 1 aromatic carbocycles. The lowest BCUT2D eigenvalue weighted by Gasteiger charge is -2.57. The number of nitrogens with zero attached hydrogens (tertiary/aromatic N) is 2. The first-order chi connectivity index (χ1) is 13.1. The molecule has 1 saturated carbocycles. The van der Waals surface area contributed by atoms with Crippen molar-refractivity contribution in [3.8, 4) is 5.75 Å². The molecular weight excluding hydrogens is 340 g/mol. The number of hydrogen-bond donors (Lipinski definition) is 0. The minimum Gasteiger partial charge on any atom is -0.497 e. The third-order valence-electron chi connectivity index (χ3n) is 7.07. The van der Waals surface area contributed by atoms with Crippen LogP contribution in [0.4, 0.5) is 0 Å². The van der Waals surface area contributed by atoms with Crippen molar-refractivity contribution in [1.29, 1.82) is 0 Å². The van der Waals surface area contributed by atoms with Gasteiger partial charge in [0.1, 0.15) is 12.4 Å². The van der Waals surface area contributed by atoms with Crippen molar-refractivity contribution in [1.82, 2.24) is 9.47 Å². The summed E-state index contributed by atoms with van der Waals surface area (Å²) >= 11 is 0. The summed E-state index contributed by atoms with van der Waals surface area (Å²) in [6.45, 7) is 6.36. The van der Waals surface area contributed by atoms with E-state index in [1.54, 1.807) is 7.11 Å². The van der Waals surface area contributed by atoms with Gasteiger partial charge in [0.2, 0.25) is 0 Å². The van der Waals surface area contributed by atoms with E-state index in [9.17, 15) is 4.79 Å². The van der Waals surface area contributed by atoms with Crippen molar-refractivity contribution in [3.05, 3.63) is 29.5 Å². The van der Waals surface area contributed by atoms with Gasteiger partial charge in [0.25, 0.3) is 0 Å². The quantitative estimate of drug-likeness (QED) is 0.768. The first-order valence-electron chi connectivity index (χ1n) is 10.2. The number of fused-ring (bicyclic) bond motifs is 4. The Bertz CT molecular complexity index is 903. The molecule has 2 aromatic rings. The van der Waals surface area contributed by atoms with E-state index in [0.29, 0.717) is 18.6 Å². The molecule has 1 aromatic heterocycles. The van der Waals surface area contributed by atoms with E-state index in [1.165, 1.54) is 54.9 Å². The van der Waals surface area contributed by atoms with E-state index in [2.05, 4.69) is 28.5 Å². The zero-order valence-electron chi connectivity index (χ0n) is 16.4. The van der Waals surface area contributed by atoms with Crippen LogP contribution in [0.5, 0.6) is 5.75 Å². The second-order valence-corrected chi connectivity index (χ2v) is 8.47. The molecule has 5 atom stereocenters.